The van der Waals surface area contributed by atoms with Gasteiger partial charge in [-0.2, -0.15) is 13.2 Å². The van der Waals surface area contributed by atoms with Crippen molar-refractivity contribution < 1.29 is 13.2 Å². The molecule has 19 heavy (non-hydrogen) atoms. The van der Waals surface area contributed by atoms with Gasteiger partial charge in [0.15, 0.2) is 0 Å². The van der Waals surface area contributed by atoms with Gasteiger partial charge in [0, 0.05) is 15.6 Å². The van der Waals surface area contributed by atoms with E-state index in [4.69, 9.17) is 11.6 Å². The van der Waals surface area contributed by atoms with Gasteiger partial charge >= 0.3 is 6.18 Å². The third-order valence-electron chi connectivity index (χ3n) is 2.31. The molecule has 6 heteroatoms. The molecule has 1 N–H and O–H groups in total. The molecule has 0 radical (unpaired) electrons. The predicted octanol–water partition coefficient (Wildman–Crippen LogP) is 5.48. The minimum absolute atomic E-state index is 0.605. The fourth-order valence-corrected chi connectivity index (χ4v) is 2.12. The van der Waals surface area contributed by atoms with Gasteiger partial charge in [-0.3, -0.25) is 0 Å². The van der Waals surface area contributed by atoms with Gasteiger partial charge in [0.1, 0.15) is 0 Å². The number of hydrogen-bond acceptors (Lipinski definition) is 2. The standard InChI is InChI=1S/C13H9ClF3NS/c14-10-3-7-12(8-4-10)19-18-11-5-1-9(2-6-11)13(15,16)17/h1-8,18H. The van der Waals surface area contributed by atoms with Crippen LogP contribution in [0.5, 0.6) is 0 Å². The fraction of sp³-hybridized carbons (Fsp3) is 0.0769. The summed E-state index contributed by atoms with van der Waals surface area (Å²) in [5.74, 6) is 0. The third kappa shape index (κ3) is 4.08. The summed E-state index contributed by atoms with van der Waals surface area (Å²) in [4.78, 5) is 0.921. The maximum atomic E-state index is 12.4. The van der Waals surface area contributed by atoms with Crippen LogP contribution in [0.3, 0.4) is 0 Å². The zero-order valence-corrected chi connectivity index (χ0v) is 11.1. The Morgan fingerprint density at radius 2 is 1.47 bits per heavy atom. The molecular formula is C13H9ClF3NS. The average molecular weight is 304 g/mol. The van der Waals surface area contributed by atoms with Gasteiger partial charge < -0.3 is 4.72 Å². The summed E-state index contributed by atoms with van der Waals surface area (Å²) in [5, 5.41) is 0.638. The fourth-order valence-electron chi connectivity index (χ4n) is 1.35. The zero-order valence-electron chi connectivity index (χ0n) is 9.54. The van der Waals surface area contributed by atoms with Crippen LogP contribution < -0.4 is 4.72 Å². The molecule has 2 aromatic carbocycles. The molecule has 0 aromatic heterocycles. The summed E-state index contributed by atoms with van der Waals surface area (Å²) in [5.41, 5.74) is -0.0532. The molecule has 0 aliphatic carbocycles. The van der Waals surface area contributed by atoms with Crippen LogP contribution in [-0.4, -0.2) is 0 Å². The Morgan fingerprint density at radius 3 is 2.00 bits per heavy atom. The van der Waals surface area contributed by atoms with E-state index in [-0.39, 0.29) is 0 Å². The van der Waals surface area contributed by atoms with E-state index in [1.54, 1.807) is 12.1 Å². The van der Waals surface area contributed by atoms with Crippen molar-refractivity contribution in [2.24, 2.45) is 0 Å². The second-order valence-corrected chi connectivity index (χ2v) is 5.05. The number of halogens is 4. The van der Waals surface area contributed by atoms with Crippen molar-refractivity contribution in [1.29, 1.82) is 0 Å². The van der Waals surface area contributed by atoms with E-state index in [9.17, 15) is 13.2 Å². The van der Waals surface area contributed by atoms with Crippen LogP contribution in [0.1, 0.15) is 5.56 Å². The Morgan fingerprint density at radius 1 is 0.895 bits per heavy atom. The van der Waals surface area contributed by atoms with E-state index in [2.05, 4.69) is 4.72 Å². The van der Waals surface area contributed by atoms with Crippen molar-refractivity contribution in [1.82, 2.24) is 0 Å². The normalized spacial score (nSPS) is 11.4. The molecule has 0 saturated carbocycles. The van der Waals surface area contributed by atoms with Crippen molar-refractivity contribution in [2.75, 3.05) is 4.72 Å². The van der Waals surface area contributed by atoms with Gasteiger partial charge in [0.25, 0.3) is 0 Å². The third-order valence-corrected chi connectivity index (χ3v) is 3.41. The Kier molecular flexibility index (Phi) is 4.27. The Hall–Kier alpha value is -1.33. The number of hydrogen-bond donors (Lipinski definition) is 1. The van der Waals surface area contributed by atoms with E-state index < -0.39 is 11.7 Å². The lowest BCUT2D eigenvalue weighted by molar-refractivity contribution is -0.137. The van der Waals surface area contributed by atoms with Crippen molar-refractivity contribution in [3.63, 3.8) is 0 Å². The molecule has 0 fully saturated rings. The van der Waals surface area contributed by atoms with Gasteiger partial charge in [-0.05, 0) is 60.5 Å². The van der Waals surface area contributed by atoms with Crippen LogP contribution in [0, 0.1) is 0 Å². The summed E-state index contributed by atoms with van der Waals surface area (Å²) in [7, 11) is 0. The van der Waals surface area contributed by atoms with Gasteiger partial charge in [-0.25, -0.2) is 0 Å². The molecule has 0 aliphatic heterocycles. The van der Waals surface area contributed by atoms with Crippen molar-refractivity contribution in [3.05, 3.63) is 59.1 Å². The molecule has 2 aromatic rings. The van der Waals surface area contributed by atoms with Crippen molar-refractivity contribution in [3.8, 4) is 0 Å². The second-order valence-electron chi connectivity index (χ2n) is 3.73. The molecule has 0 atom stereocenters. The summed E-state index contributed by atoms with van der Waals surface area (Å²) in [6, 6.07) is 12.0. The summed E-state index contributed by atoms with van der Waals surface area (Å²) < 4.78 is 40.1. The lowest BCUT2D eigenvalue weighted by Gasteiger charge is -2.09. The number of rotatable bonds is 3. The van der Waals surface area contributed by atoms with Gasteiger partial charge in [-0.15, -0.1) is 0 Å². The van der Waals surface area contributed by atoms with E-state index in [1.165, 1.54) is 24.1 Å². The number of anilines is 1. The first kappa shape index (κ1) is 14.1. The number of benzene rings is 2. The Bertz CT molecular complexity index is 537. The lowest BCUT2D eigenvalue weighted by atomic mass is 10.2. The molecule has 0 spiro atoms. The topological polar surface area (TPSA) is 12.0 Å². The van der Waals surface area contributed by atoms with Crippen LogP contribution >= 0.6 is 23.5 Å². The Labute approximate surface area is 117 Å². The molecule has 0 saturated heterocycles. The van der Waals surface area contributed by atoms with Crippen molar-refractivity contribution >= 4 is 29.2 Å². The largest absolute Gasteiger partial charge is 0.416 e. The molecule has 0 unspecified atom stereocenters. The predicted molar refractivity (Wildman–Crippen MR) is 72.4 cm³/mol. The first-order valence-electron chi connectivity index (χ1n) is 5.31. The smallest absolute Gasteiger partial charge is 0.326 e. The summed E-state index contributed by atoms with van der Waals surface area (Å²) in [6.07, 6.45) is -4.30. The SMILES string of the molecule is FC(F)(F)c1ccc(NSc2ccc(Cl)cc2)cc1. The van der Waals surface area contributed by atoms with Crippen molar-refractivity contribution in [2.45, 2.75) is 11.1 Å². The molecular weight excluding hydrogens is 295 g/mol. The maximum Gasteiger partial charge on any atom is 0.416 e. The molecule has 0 aliphatic rings. The first-order chi connectivity index (χ1) is 8.95. The minimum atomic E-state index is -4.30. The highest BCUT2D eigenvalue weighted by Gasteiger charge is 2.29. The van der Waals surface area contributed by atoms with Crippen LogP contribution in [0.15, 0.2) is 53.4 Å². The highest BCUT2D eigenvalue weighted by Crippen LogP contribution is 2.30. The van der Waals surface area contributed by atoms with Gasteiger partial charge in [-0.1, -0.05) is 11.6 Å². The van der Waals surface area contributed by atoms with Gasteiger partial charge in [0.05, 0.1) is 5.56 Å². The molecule has 2 rings (SSSR count). The summed E-state index contributed by atoms with van der Waals surface area (Å²) in [6.45, 7) is 0. The highest BCUT2D eigenvalue weighted by atomic mass is 35.5. The maximum absolute atomic E-state index is 12.4. The molecule has 100 valence electrons. The van der Waals surface area contributed by atoms with E-state index in [1.807, 2.05) is 12.1 Å². The molecule has 0 heterocycles. The van der Waals surface area contributed by atoms with Gasteiger partial charge in [0.2, 0.25) is 0 Å². The number of alkyl halides is 3. The Balaban J connectivity index is 1.98. The quantitative estimate of drug-likeness (QED) is 0.754. The van der Waals surface area contributed by atoms with E-state index in [0.717, 1.165) is 17.0 Å². The molecule has 1 nitrogen and oxygen atoms in total. The highest BCUT2D eigenvalue weighted by molar-refractivity contribution is 8.00. The lowest BCUT2D eigenvalue weighted by Crippen LogP contribution is -2.04. The average Bonchev–Trinajstić information content (AvgIpc) is 2.37. The van der Waals surface area contributed by atoms with E-state index >= 15 is 0 Å². The number of nitrogens with one attached hydrogen (secondary N) is 1. The zero-order chi connectivity index (χ0) is 13.9. The molecule has 0 bridgehead atoms. The second kappa shape index (κ2) is 5.75. The first-order valence-corrected chi connectivity index (χ1v) is 6.50. The van der Waals surface area contributed by atoms with Crippen LogP contribution in [0.25, 0.3) is 0 Å². The molecule has 0 amide bonds. The van der Waals surface area contributed by atoms with Crippen LogP contribution in [0.2, 0.25) is 5.02 Å². The minimum Gasteiger partial charge on any atom is -0.326 e. The summed E-state index contributed by atoms with van der Waals surface area (Å²) >= 11 is 7.06. The monoisotopic (exact) mass is 303 g/mol. The van der Waals surface area contributed by atoms with Crippen LogP contribution in [-0.2, 0) is 6.18 Å². The van der Waals surface area contributed by atoms with E-state index in [0.29, 0.717) is 10.7 Å². The van der Waals surface area contributed by atoms with Crippen LogP contribution in [0.4, 0.5) is 18.9 Å².